The Kier molecular flexibility index (Phi) is 3.82. The van der Waals surface area contributed by atoms with E-state index in [-0.39, 0.29) is 17.6 Å². The molecule has 1 aliphatic heterocycles. The minimum atomic E-state index is -0.177. The van der Waals surface area contributed by atoms with Crippen LogP contribution in [0.5, 0.6) is 0 Å². The zero-order valence-electron chi connectivity index (χ0n) is 12.2. The van der Waals surface area contributed by atoms with Crippen LogP contribution in [0.3, 0.4) is 0 Å². The van der Waals surface area contributed by atoms with E-state index in [4.69, 9.17) is 4.74 Å². The van der Waals surface area contributed by atoms with Gasteiger partial charge >= 0.3 is 0 Å². The number of carbonyl (C=O) groups is 1. The first kappa shape index (κ1) is 14.3. The fourth-order valence-corrected chi connectivity index (χ4v) is 3.30. The van der Waals surface area contributed by atoms with Crippen LogP contribution >= 0.6 is 11.3 Å². The highest BCUT2D eigenvalue weighted by Crippen LogP contribution is 2.25. The number of aromatic amines is 1. The standard InChI is InChI=1S/C15H19N3O2S/c1-15(2)9-10(5-6-20-15)16-14(19)12-8-11(17-18-12)13-4-3-7-21-13/h3-4,7-8,10H,5-6,9H2,1-2H3,(H,16,19)(H,17,18). The van der Waals surface area contributed by atoms with Gasteiger partial charge in [-0.2, -0.15) is 5.10 Å². The Balaban J connectivity index is 1.66. The third-order valence-corrected chi connectivity index (χ3v) is 4.53. The van der Waals surface area contributed by atoms with Crippen LogP contribution in [-0.2, 0) is 4.74 Å². The molecule has 5 nitrogen and oxygen atoms in total. The topological polar surface area (TPSA) is 67.0 Å². The average molecular weight is 305 g/mol. The van der Waals surface area contributed by atoms with Crippen LogP contribution in [0.15, 0.2) is 23.6 Å². The molecule has 0 aromatic carbocycles. The third kappa shape index (κ3) is 3.33. The highest BCUT2D eigenvalue weighted by atomic mass is 32.1. The number of hydrogen-bond donors (Lipinski definition) is 2. The summed E-state index contributed by atoms with van der Waals surface area (Å²) >= 11 is 1.62. The molecule has 0 spiro atoms. The molecule has 0 saturated carbocycles. The minimum Gasteiger partial charge on any atom is -0.375 e. The normalized spacial score (nSPS) is 21.1. The number of nitrogens with zero attached hydrogens (tertiary/aromatic N) is 1. The smallest absolute Gasteiger partial charge is 0.272 e. The number of nitrogens with one attached hydrogen (secondary N) is 2. The van der Waals surface area contributed by atoms with Gasteiger partial charge in [-0.05, 0) is 44.2 Å². The highest BCUT2D eigenvalue weighted by molar-refractivity contribution is 7.13. The summed E-state index contributed by atoms with van der Waals surface area (Å²) in [5, 5.41) is 12.1. The van der Waals surface area contributed by atoms with Crippen molar-refractivity contribution in [1.82, 2.24) is 15.5 Å². The molecule has 1 aliphatic rings. The maximum Gasteiger partial charge on any atom is 0.272 e. The second kappa shape index (κ2) is 5.61. The second-order valence-corrected chi connectivity index (χ2v) is 6.86. The van der Waals surface area contributed by atoms with E-state index in [0.717, 1.165) is 23.4 Å². The Bertz CT molecular complexity index is 619. The first-order valence-corrected chi connectivity index (χ1v) is 7.96. The van der Waals surface area contributed by atoms with Gasteiger partial charge in [0.1, 0.15) is 0 Å². The summed E-state index contributed by atoms with van der Waals surface area (Å²) in [7, 11) is 0. The van der Waals surface area contributed by atoms with E-state index in [2.05, 4.69) is 29.4 Å². The van der Waals surface area contributed by atoms with E-state index in [1.165, 1.54) is 0 Å². The summed E-state index contributed by atoms with van der Waals surface area (Å²) in [6.45, 7) is 4.78. The predicted octanol–water partition coefficient (Wildman–Crippen LogP) is 2.83. The molecule has 0 radical (unpaired) electrons. The van der Waals surface area contributed by atoms with E-state index >= 15 is 0 Å². The van der Waals surface area contributed by atoms with Gasteiger partial charge in [0, 0.05) is 12.6 Å². The summed E-state index contributed by atoms with van der Waals surface area (Å²) in [5.41, 5.74) is 1.13. The molecule has 0 bridgehead atoms. The van der Waals surface area contributed by atoms with Crippen molar-refractivity contribution in [2.45, 2.75) is 38.3 Å². The lowest BCUT2D eigenvalue weighted by molar-refractivity contribution is -0.0615. The molecule has 1 fully saturated rings. The molecule has 2 aromatic rings. The van der Waals surface area contributed by atoms with Crippen molar-refractivity contribution in [3.05, 3.63) is 29.3 Å². The molecule has 1 unspecified atom stereocenters. The van der Waals surface area contributed by atoms with Crippen molar-refractivity contribution in [3.63, 3.8) is 0 Å². The minimum absolute atomic E-state index is 0.128. The van der Waals surface area contributed by atoms with E-state index in [1.807, 2.05) is 17.5 Å². The largest absolute Gasteiger partial charge is 0.375 e. The van der Waals surface area contributed by atoms with Gasteiger partial charge in [0.05, 0.1) is 16.2 Å². The van der Waals surface area contributed by atoms with Crippen LogP contribution in [0.2, 0.25) is 0 Å². The molecule has 6 heteroatoms. The van der Waals surface area contributed by atoms with Crippen LogP contribution < -0.4 is 5.32 Å². The molecule has 1 saturated heterocycles. The quantitative estimate of drug-likeness (QED) is 0.916. The van der Waals surface area contributed by atoms with E-state index in [0.29, 0.717) is 12.3 Å². The van der Waals surface area contributed by atoms with Gasteiger partial charge in [0.15, 0.2) is 5.69 Å². The Morgan fingerprint density at radius 2 is 2.43 bits per heavy atom. The number of hydrogen-bond acceptors (Lipinski definition) is 4. The zero-order valence-corrected chi connectivity index (χ0v) is 13.0. The molecule has 1 amide bonds. The second-order valence-electron chi connectivity index (χ2n) is 5.92. The fourth-order valence-electron chi connectivity index (χ4n) is 2.61. The monoisotopic (exact) mass is 305 g/mol. The first-order valence-electron chi connectivity index (χ1n) is 7.08. The van der Waals surface area contributed by atoms with Gasteiger partial charge in [0.25, 0.3) is 5.91 Å². The highest BCUT2D eigenvalue weighted by Gasteiger charge is 2.30. The number of carbonyl (C=O) groups excluding carboxylic acids is 1. The first-order chi connectivity index (χ1) is 10.0. The number of H-pyrrole nitrogens is 1. The summed E-state index contributed by atoms with van der Waals surface area (Å²) in [6, 6.07) is 5.92. The van der Waals surface area contributed by atoms with E-state index in [1.54, 1.807) is 17.4 Å². The van der Waals surface area contributed by atoms with Crippen molar-refractivity contribution in [2.24, 2.45) is 0 Å². The molecule has 2 N–H and O–H groups in total. The van der Waals surface area contributed by atoms with Crippen molar-refractivity contribution < 1.29 is 9.53 Å². The molecule has 21 heavy (non-hydrogen) atoms. The van der Waals surface area contributed by atoms with Gasteiger partial charge in [-0.1, -0.05) is 6.07 Å². The van der Waals surface area contributed by atoms with Gasteiger partial charge in [-0.3, -0.25) is 9.89 Å². The van der Waals surface area contributed by atoms with Crippen LogP contribution in [0.4, 0.5) is 0 Å². The summed E-state index contributed by atoms with van der Waals surface area (Å²) in [5.74, 6) is -0.128. The van der Waals surface area contributed by atoms with Gasteiger partial charge < -0.3 is 10.1 Å². The van der Waals surface area contributed by atoms with E-state index < -0.39 is 0 Å². The van der Waals surface area contributed by atoms with Crippen LogP contribution in [-0.4, -0.2) is 34.4 Å². The lowest BCUT2D eigenvalue weighted by Gasteiger charge is -2.35. The molecular formula is C15H19N3O2S. The summed E-state index contributed by atoms with van der Waals surface area (Å²) in [6.07, 6.45) is 1.66. The number of rotatable bonds is 3. The molecule has 3 rings (SSSR count). The molecule has 1 atom stereocenters. The summed E-state index contributed by atoms with van der Waals surface area (Å²) < 4.78 is 5.66. The fraction of sp³-hybridized carbons (Fsp3) is 0.467. The Morgan fingerprint density at radius 1 is 1.57 bits per heavy atom. The maximum atomic E-state index is 12.3. The third-order valence-electron chi connectivity index (χ3n) is 3.63. The van der Waals surface area contributed by atoms with Gasteiger partial charge in [0.2, 0.25) is 0 Å². The zero-order chi connectivity index (χ0) is 14.9. The van der Waals surface area contributed by atoms with E-state index in [9.17, 15) is 4.79 Å². The Labute approximate surface area is 127 Å². The molecule has 0 aliphatic carbocycles. The lowest BCUT2D eigenvalue weighted by atomic mass is 9.94. The van der Waals surface area contributed by atoms with Crippen molar-refractivity contribution in [2.75, 3.05) is 6.61 Å². The maximum absolute atomic E-state index is 12.3. The SMILES string of the molecule is CC1(C)CC(NC(=O)c2cc(-c3cccs3)[nH]n2)CCO1. The average Bonchev–Trinajstić information content (AvgIpc) is 3.09. The number of ether oxygens (including phenoxy) is 1. The van der Waals surface area contributed by atoms with Crippen molar-refractivity contribution >= 4 is 17.2 Å². The number of aromatic nitrogens is 2. The lowest BCUT2D eigenvalue weighted by Crippen LogP contribution is -2.45. The van der Waals surface area contributed by atoms with Gasteiger partial charge in [-0.15, -0.1) is 11.3 Å². The Hall–Kier alpha value is -1.66. The molecular weight excluding hydrogens is 286 g/mol. The van der Waals surface area contributed by atoms with Crippen molar-refractivity contribution in [3.8, 4) is 10.6 Å². The van der Waals surface area contributed by atoms with Crippen LogP contribution in [0.1, 0.15) is 37.2 Å². The number of amides is 1. The predicted molar refractivity (Wildman–Crippen MR) is 82.4 cm³/mol. The summed E-state index contributed by atoms with van der Waals surface area (Å²) in [4.78, 5) is 13.4. The van der Waals surface area contributed by atoms with Crippen LogP contribution in [0.25, 0.3) is 10.6 Å². The van der Waals surface area contributed by atoms with Gasteiger partial charge in [-0.25, -0.2) is 0 Å². The molecule has 2 aromatic heterocycles. The number of thiophene rings is 1. The molecule has 3 heterocycles. The molecule has 112 valence electrons. The van der Waals surface area contributed by atoms with Crippen molar-refractivity contribution in [1.29, 1.82) is 0 Å². The van der Waals surface area contributed by atoms with Crippen LogP contribution in [0, 0.1) is 0 Å². The Morgan fingerprint density at radius 3 is 3.14 bits per heavy atom.